The number of nitrogens with one attached hydrogen (secondary N) is 1. The topological polar surface area (TPSA) is 58.6 Å². The summed E-state index contributed by atoms with van der Waals surface area (Å²) < 4.78 is 5.19. The zero-order chi connectivity index (χ0) is 17.6. The second-order valence-corrected chi connectivity index (χ2v) is 6.73. The van der Waals surface area contributed by atoms with E-state index in [0.717, 1.165) is 16.7 Å². The number of hydrogen-bond acceptors (Lipinski definition) is 3. The first kappa shape index (κ1) is 18.0. The number of carbonyl (C=O) groups is 1. The van der Waals surface area contributed by atoms with Gasteiger partial charge < -0.3 is 15.2 Å². The molecule has 4 heteroatoms. The third-order valence-corrected chi connectivity index (χ3v) is 3.49. The predicted molar refractivity (Wildman–Crippen MR) is 94.9 cm³/mol. The molecule has 2 N–H and O–H groups in total. The maximum Gasteiger partial charge on any atom is 0.407 e. The lowest BCUT2D eigenvalue weighted by Gasteiger charge is -2.19. The fourth-order valence-corrected chi connectivity index (χ4v) is 2.32. The van der Waals surface area contributed by atoms with Gasteiger partial charge in [-0.1, -0.05) is 54.6 Å². The summed E-state index contributed by atoms with van der Waals surface area (Å²) in [6, 6.07) is 17.3. The van der Waals surface area contributed by atoms with Gasteiger partial charge in [0.1, 0.15) is 11.7 Å². The minimum Gasteiger partial charge on any atom is -0.444 e. The van der Waals surface area contributed by atoms with Crippen molar-refractivity contribution in [2.45, 2.75) is 38.9 Å². The standard InChI is InChI=1S/C20H25NO3/c1-20(2,3)24-19(23)21-14-13-15-9-11-17(12-10-15)18(22)16-7-5-4-6-8-16/h4-12,18,22H,13-14H2,1-3H3,(H,21,23). The van der Waals surface area contributed by atoms with Gasteiger partial charge in [0.2, 0.25) is 0 Å². The second-order valence-electron chi connectivity index (χ2n) is 6.73. The summed E-state index contributed by atoms with van der Waals surface area (Å²) in [5.74, 6) is 0. The molecule has 1 atom stereocenters. The largest absolute Gasteiger partial charge is 0.444 e. The first-order chi connectivity index (χ1) is 11.3. The number of aliphatic hydroxyl groups is 1. The Morgan fingerprint density at radius 3 is 2.21 bits per heavy atom. The van der Waals surface area contributed by atoms with Crippen LogP contribution in [0.1, 0.15) is 43.6 Å². The Balaban J connectivity index is 1.85. The predicted octanol–water partition coefficient (Wildman–Crippen LogP) is 3.84. The lowest BCUT2D eigenvalue weighted by molar-refractivity contribution is 0.0528. The molecule has 0 fully saturated rings. The summed E-state index contributed by atoms with van der Waals surface area (Å²) in [4.78, 5) is 11.6. The Kier molecular flexibility index (Phi) is 5.99. The number of carbonyl (C=O) groups excluding carboxylic acids is 1. The maximum absolute atomic E-state index is 11.6. The van der Waals surface area contributed by atoms with Crippen molar-refractivity contribution in [3.63, 3.8) is 0 Å². The van der Waals surface area contributed by atoms with Gasteiger partial charge >= 0.3 is 6.09 Å². The van der Waals surface area contributed by atoms with Crippen LogP contribution >= 0.6 is 0 Å². The highest BCUT2D eigenvalue weighted by Crippen LogP contribution is 2.21. The fourth-order valence-electron chi connectivity index (χ4n) is 2.32. The molecule has 0 aromatic heterocycles. The van der Waals surface area contributed by atoms with E-state index in [9.17, 15) is 9.90 Å². The van der Waals surface area contributed by atoms with Gasteiger partial charge in [0.15, 0.2) is 0 Å². The highest BCUT2D eigenvalue weighted by molar-refractivity contribution is 5.67. The lowest BCUT2D eigenvalue weighted by atomic mass is 10.00. The third-order valence-electron chi connectivity index (χ3n) is 3.49. The quantitative estimate of drug-likeness (QED) is 0.877. The molecule has 0 spiro atoms. The number of aliphatic hydroxyl groups excluding tert-OH is 1. The number of amides is 1. The zero-order valence-corrected chi connectivity index (χ0v) is 14.5. The molecule has 24 heavy (non-hydrogen) atoms. The molecule has 128 valence electrons. The number of benzene rings is 2. The van der Waals surface area contributed by atoms with Crippen molar-refractivity contribution in [3.8, 4) is 0 Å². The van der Waals surface area contributed by atoms with E-state index in [1.165, 1.54) is 0 Å². The molecule has 0 radical (unpaired) electrons. The van der Waals surface area contributed by atoms with Gasteiger partial charge in [0.05, 0.1) is 0 Å². The van der Waals surface area contributed by atoms with Crippen molar-refractivity contribution in [2.75, 3.05) is 6.54 Å². The van der Waals surface area contributed by atoms with Crippen LogP contribution in [-0.2, 0) is 11.2 Å². The van der Waals surface area contributed by atoms with E-state index in [2.05, 4.69) is 5.32 Å². The van der Waals surface area contributed by atoms with E-state index in [-0.39, 0.29) is 0 Å². The highest BCUT2D eigenvalue weighted by atomic mass is 16.6. The average Bonchev–Trinajstić information content (AvgIpc) is 2.54. The molecule has 2 aromatic carbocycles. The Bertz CT molecular complexity index is 645. The number of alkyl carbamates (subject to hydrolysis) is 1. The summed E-state index contributed by atoms with van der Waals surface area (Å²) in [6.07, 6.45) is -0.320. The minimum absolute atomic E-state index is 0.404. The van der Waals surface area contributed by atoms with E-state index >= 15 is 0 Å². The molecule has 2 rings (SSSR count). The van der Waals surface area contributed by atoms with E-state index in [1.54, 1.807) is 0 Å². The second kappa shape index (κ2) is 7.97. The molecule has 4 nitrogen and oxygen atoms in total. The molecule has 0 heterocycles. The minimum atomic E-state index is -0.625. The van der Waals surface area contributed by atoms with Gasteiger partial charge in [-0.25, -0.2) is 4.79 Å². The summed E-state index contributed by atoms with van der Waals surface area (Å²) in [6.45, 7) is 6.02. The van der Waals surface area contributed by atoms with E-state index in [1.807, 2.05) is 75.4 Å². The van der Waals surface area contributed by atoms with Crippen LogP contribution in [0, 0.1) is 0 Å². The Labute approximate surface area is 143 Å². The van der Waals surface area contributed by atoms with Crippen LogP contribution in [0.25, 0.3) is 0 Å². The van der Waals surface area contributed by atoms with Gasteiger partial charge in [0, 0.05) is 6.54 Å². The lowest BCUT2D eigenvalue weighted by Crippen LogP contribution is -2.33. The number of hydrogen-bond donors (Lipinski definition) is 2. The maximum atomic E-state index is 11.6. The van der Waals surface area contributed by atoms with Gasteiger partial charge in [0.25, 0.3) is 0 Å². The molecular formula is C20H25NO3. The van der Waals surface area contributed by atoms with Crippen LogP contribution in [0.2, 0.25) is 0 Å². The van der Waals surface area contributed by atoms with Crippen LogP contribution in [0.4, 0.5) is 4.79 Å². The highest BCUT2D eigenvalue weighted by Gasteiger charge is 2.15. The van der Waals surface area contributed by atoms with Crippen molar-refractivity contribution in [1.82, 2.24) is 5.32 Å². The van der Waals surface area contributed by atoms with E-state index < -0.39 is 17.8 Å². The summed E-state index contributed by atoms with van der Waals surface area (Å²) in [7, 11) is 0. The average molecular weight is 327 g/mol. The molecule has 0 saturated carbocycles. The fraction of sp³-hybridized carbons (Fsp3) is 0.350. The zero-order valence-electron chi connectivity index (χ0n) is 14.5. The molecule has 0 aliphatic carbocycles. The van der Waals surface area contributed by atoms with Crippen molar-refractivity contribution in [3.05, 3.63) is 71.3 Å². The van der Waals surface area contributed by atoms with Crippen molar-refractivity contribution in [1.29, 1.82) is 0 Å². The Morgan fingerprint density at radius 1 is 1.04 bits per heavy atom. The Morgan fingerprint density at radius 2 is 1.62 bits per heavy atom. The van der Waals surface area contributed by atoms with Crippen LogP contribution in [0.3, 0.4) is 0 Å². The van der Waals surface area contributed by atoms with Crippen LogP contribution in [0.5, 0.6) is 0 Å². The van der Waals surface area contributed by atoms with Crippen LogP contribution < -0.4 is 5.32 Å². The smallest absolute Gasteiger partial charge is 0.407 e. The molecule has 0 aliphatic rings. The van der Waals surface area contributed by atoms with Crippen LogP contribution in [-0.4, -0.2) is 23.3 Å². The van der Waals surface area contributed by atoms with Gasteiger partial charge in [-0.05, 0) is 43.9 Å². The first-order valence-electron chi connectivity index (χ1n) is 8.14. The Hall–Kier alpha value is -2.33. The van der Waals surface area contributed by atoms with E-state index in [4.69, 9.17) is 4.74 Å². The summed E-state index contributed by atoms with van der Waals surface area (Å²) >= 11 is 0. The summed E-state index contributed by atoms with van der Waals surface area (Å²) in [5.41, 5.74) is 2.33. The first-order valence-corrected chi connectivity index (χ1v) is 8.14. The van der Waals surface area contributed by atoms with Gasteiger partial charge in [-0.15, -0.1) is 0 Å². The normalized spacial score (nSPS) is 12.5. The van der Waals surface area contributed by atoms with Crippen LogP contribution in [0.15, 0.2) is 54.6 Å². The number of rotatable bonds is 5. The van der Waals surface area contributed by atoms with Crippen molar-refractivity contribution < 1.29 is 14.6 Å². The molecular weight excluding hydrogens is 302 g/mol. The molecule has 0 saturated heterocycles. The molecule has 2 aromatic rings. The van der Waals surface area contributed by atoms with Crippen molar-refractivity contribution >= 4 is 6.09 Å². The van der Waals surface area contributed by atoms with Gasteiger partial charge in [-0.2, -0.15) is 0 Å². The summed E-state index contributed by atoms with van der Waals surface area (Å²) in [5, 5.41) is 13.1. The monoisotopic (exact) mass is 327 g/mol. The SMILES string of the molecule is CC(C)(C)OC(=O)NCCc1ccc(C(O)c2ccccc2)cc1. The van der Waals surface area contributed by atoms with Gasteiger partial charge in [-0.3, -0.25) is 0 Å². The molecule has 0 aliphatic heterocycles. The van der Waals surface area contributed by atoms with E-state index in [0.29, 0.717) is 13.0 Å². The third kappa shape index (κ3) is 5.70. The molecule has 0 bridgehead atoms. The van der Waals surface area contributed by atoms with Crippen molar-refractivity contribution in [2.24, 2.45) is 0 Å². The molecule has 1 unspecified atom stereocenters. The number of ether oxygens (including phenoxy) is 1. The molecule has 1 amide bonds.